The molecule has 1 amide bonds. The molecule has 2 N–H and O–H groups in total. The van der Waals surface area contributed by atoms with Gasteiger partial charge in [0, 0.05) is 24.5 Å². The molecular formula is C18H20N2O3. The van der Waals surface area contributed by atoms with Crippen molar-refractivity contribution in [2.24, 2.45) is 5.41 Å². The molecule has 0 radical (unpaired) electrons. The number of pyridine rings is 1. The number of para-hydroxylation sites is 1. The van der Waals surface area contributed by atoms with Gasteiger partial charge in [0.1, 0.15) is 5.75 Å². The standard InChI is InChI=1S/C18H20N2O3/c1-18(2,9-13-7-8-19-10-14(13)11-21)12-20-17(23)15-5-3-4-6-16(15)22/h3-8,10-11,22H,9,12H2,1-2H3,(H,20,23). The second-order valence-corrected chi connectivity index (χ2v) is 6.23. The molecule has 1 aromatic heterocycles. The van der Waals surface area contributed by atoms with E-state index in [4.69, 9.17) is 0 Å². The fraction of sp³-hybridized carbons (Fsp3) is 0.278. The molecule has 0 aliphatic carbocycles. The zero-order valence-corrected chi connectivity index (χ0v) is 13.2. The lowest BCUT2D eigenvalue weighted by Gasteiger charge is -2.25. The predicted molar refractivity (Wildman–Crippen MR) is 87.5 cm³/mol. The van der Waals surface area contributed by atoms with E-state index in [-0.39, 0.29) is 22.6 Å². The van der Waals surface area contributed by atoms with E-state index in [0.717, 1.165) is 11.8 Å². The van der Waals surface area contributed by atoms with Gasteiger partial charge < -0.3 is 10.4 Å². The average Bonchev–Trinajstić information content (AvgIpc) is 2.53. The maximum absolute atomic E-state index is 12.2. The van der Waals surface area contributed by atoms with Crippen molar-refractivity contribution in [2.45, 2.75) is 20.3 Å². The third kappa shape index (κ3) is 4.39. The molecule has 0 spiro atoms. The summed E-state index contributed by atoms with van der Waals surface area (Å²) in [6.07, 6.45) is 4.61. The van der Waals surface area contributed by atoms with Crippen molar-refractivity contribution in [3.63, 3.8) is 0 Å². The van der Waals surface area contributed by atoms with Gasteiger partial charge in [-0.15, -0.1) is 0 Å². The van der Waals surface area contributed by atoms with Gasteiger partial charge in [0.25, 0.3) is 5.91 Å². The van der Waals surface area contributed by atoms with Crippen LogP contribution in [-0.2, 0) is 6.42 Å². The SMILES string of the molecule is CC(C)(CNC(=O)c1ccccc1O)Cc1ccncc1C=O. The number of phenolic OH excluding ortho intramolecular Hbond substituents is 1. The first-order chi connectivity index (χ1) is 10.9. The first-order valence-electron chi connectivity index (χ1n) is 7.37. The summed E-state index contributed by atoms with van der Waals surface area (Å²) < 4.78 is 0. The van der Waals surface area contributed by atoms with E-state index in [1.54, 1.807) is 30.6 Å². The molecule has 0 atom stereocenters. The molecule has 23 heavy (non-hydrogen) atoms. The van der Waals surface area contributed by atoms with Crippen LogP contribution in [0.1, 0.15) is 40.1 Å². The summed E-state index contributed by atoms with van der Waals surface area (Å²) in [5.41, 5.74) is 1.46. The van der Waals surface area contributed by atoms with Crippen LogP contribution in [0.25, 0.3) is 0 Å². The van der Waals surface area contributed by atoms with Crippen molar-refractivity contribution in [1.29, 1.82) is 0 Å². The molecule has 0 unspecified atom stereocenters. The van der Waals surface area contributed by atoms with E-state index in [2.05, 4.69) is 10.3 Å². The van der Waals surface area contributed by atoms with Gasteiger partial charge >= 0.3 is 0 Å². The number of hydrogen-bond donors (Lipinski definition) is 2. The molecule has 0 aliphatic heterocycles. The van der Waals surface area contributed by atoms with Gasteiger partial charge in [0.05, 0.1) is 5.56 Å². The third-order valence-electron chi connectivity index (χ3n) is 3.62. The fourth-order valence-corrected chi connectivity index (χ4v) is 2.36. The van der Waals surface area contributed by atoms with Crippen LogP contribution < -0.4 is 5.32 Å². The molecular weight excluding hydrogens is 292 g/mol. The summed E-state index contributed by atoms with van der Waals surface area (Å²) in [5.74, 6) is -0.360. The quantitative estimate of drug-likeness (QED) is 0.804. The van der Waals surface area contributed by atoms with Crippen LogP contribution in [0.2, 0.25) is 0 Å². The molecule has 0 bridgehead atoms. The van der Waals surface area contributed by atoms with Gasteiger partial charge in [-0.1, -0.05) is 26.0 Å². The smallest absolute Gasteiger partial charge is 0.255 e. The highest BCUT2D eigenvalue weighted by Gasteiger charge is 2.22. The molecule has 0 aliphatic rings. The second-order valence-electron chi connectivity index (χ2n) is 6.23. The first-order valence-corrected chi connectivity index (χ1v) is 7.37. The molecule has 5 heteroatoms. The summed E-state index contributed by atoms with van der Waals surface area (Å²) in [6, 6.07) is 8.24. The largest absolute Gasteiger partial charge is 0.507 e. The molecule has 0 saturated heterocycles. The normalized spacial score (nSPS) is 11.0. The Labute approximate surface area is 135 Å². The van der Waals surface area contributed by atoms with Crippen LogP contribution in [0.15, 0.2) is 42.7 Å². The Bertz CT molecular complexity index is 711. The Balaban J connectivity index is 2.03. The van der Waals surface area contributed by atoms with Gasteiger partial charge in [-0.05, 0) is 35.6 Å². The maximum atomic E-state index is 12.2. The van der Waals surface area contributed by atoms with Crippen molar-refractivity contribution >= 4 is 12.2 Å². The van der Waals surface area contributed by atoms with Crippen molar-refractivity contribution in [2.75, 3.05) is 6.54 Å². The Hall–Kier alpha value is -2.69. The van der Waals surface area contributed by atoms with Gasteiger partial charge in [-0.2, -0.15) is 0 Å². The van der Waals surface area contributed by atoms with Crippen LogP contribution in [0.4, 0.5) is 0 Å². The fourth-order valence-electron chi connectivity index (χ4n) is 2.36. The van der Waals surface area contributed by atoms with E-state index in [9.17, 15) is 14.7 Å². The number of rotatable bonds is 6. The zero-order chi connectivity index (χ0) is 16.9. The number of phenols is 1. The number of benzene rings is 1. The average molecular weight is 312 g/mol. The van der Waals surface area contributed by atoms with Crippen LogP contribution in [0.5, 0.6) is 5.75 Å². The van der Waals surface area contributed by atoms with Crippen LogP contribution >= 0.6 is 0 Å². The van der Waals surface area contributed by atoms with Gasteiger partial charge in [-0.25, -0.2) is 0 Å². The number of aldehydes is 1. The minimum absolute atomic E-state index is 0.0415. The van der Waals surface area contributed by atoms with E-state index >= 15 is 0 Å². The summed E-state index contributed by atoms with van der Waals surface area (Å²) >= 11 is 0. The number of aromatic nitrogens is 1. The van der Waals surface area contributed by atoms with Crippen molar-refractivity contribution in [1.82, 2.24) is 10.3 Å². The summed E-state index contributed by atoms with van der Waals surface area (Å²) in [6.45, 7) is 4.43. The molecule has 0 saturated carbocycles. The Morgan fingerprint density at radius 3 is 2.74 bits per heavy atom. The summed E-state index contributed by atoms with van der Waals surface area (Å²) in [7, 11) is 0. The molecule has 2 aromatic rings. The number of aromatic hydroxyl groups is 1. The number of nitrogens with zero attached hydrogens (tertiary/aromatic N) is 1. The van der Waals surface area contributed by atoms with Gasteiger partial charge in [0.2, 0.25) is 0 Å². The van der Waals surface area contributed by atoms with Crippen LogP contribution in [0.3, 0.4) is 0 Å². The van der Waals surface area contributed by atoms with Crippen LogP contribution in [0, 0.1) is 5.41 Å². The minimum atomic E-state index is -0.318. The molecule has 120 valence electrons. The lowest BCUT2D eigenvalue weighted by atomic mass is 9.84. The number of carbonyl (C=O) groups is 2. The van der Waals surface area contributed by atoms with Crippen molar-refractivity contribution in [3.05, 3.63) is 59.4 Å². The maximum Gasteiger partial charge on any atom is 0.255 e. The number of carbonyl (C=O) groups excluding carboxylic acids is 2. The van der Waals surface area contributed by atoms with Crippen molar-refractivity contribution in [3.8, 4) is 5.75 Å². The van der Waals surface area contributed by atoms with E-state index in [0.29, 0.717) is 18.5 Å². The Morgan fingerprint density at radius 2 is 2.04 bits per heavy atom. The van der Waals surface area contributed by atoms with E-state index in [1.807, 2.05) is 19.9 Å². The predicted octanol–water partition coefficient (Wildman–Crippen LogP) is 2.60. The van der Waals surface area contributed by atoms with Crippen molar-refractivity contribution < 1.29 is 14.7 Å². The molecule has 1 heterocycles. The highest BCUT2D eigenvalue weighted by molar-refractivity contribution is 5.96. The number of hydrogen-bond acceptors (Lipinski definition) is 4. The summed E-state index contributed by atoms with van der Waals surface area (Å²) in [4.78, 5) is 27.2. The molecule has 0 fully saturated rings. The monoisotopic (exact) mass is 312 g/mol. The van der Waals surface area contributed by atoms with Crippen LogP contribution in [-0.4, -0.2) is 28.8 Å². The number of amides is 1. The summed E-state index contributed by atoms with van der Waals surface area (Å²) in [5, 5.41) is 12.5. The molecule has 2 rings (SSSR count). The minimum Gasteiger partial charge on any atom is -0.507 e. The Kier molecular flexibility index (Phi) is 5.11. The third-order valence-corrected chi connectivity index (χ3v) is 3.62. The lowest BCUT2D eigenvalue weighted by Crippen LogP contribution is -2.35. The molecule has 5 nitrogen and oxygen atoms in total. The topological polar surface area (TPSA) is 79.3 Å². The van der Waals surface area contributed by atoms with E-state index < -0.39 is 0 Å². The zero-order valence-electron chi connectivity index (χ0n) is 13.2. The Morgan fingerprint density at radius 1 is 1.30 bits per heavy atom. The first kappa shape index (κ1) is 16.7. The van der Waals surface area contributed by atoms with Gasteiger partial charge in [0.15, 0.2) is 6.29 Å². The molecule has 1 aromatic carbocycles. The highest BCUT2D eigenvalue weighted by Crippen LogP contribution is 2.23. The second kappa shape index (κ2) is 7.05. The highest BCUT2D eigenvalue weighted by atomic mass is 16.3. The van der Waals surface area contributed by atoms with Gasteiger partial charge in [-0.3, -0.25) is 14.6 Å². The number of nitrogens with one attached hydrogen (secondary N) is 1. The van der Waals surface area contributed by atoms with E-state index in [1.165, 1.54) is 6.07 Å². The lowest BCUT2D eigenvalue weighted by molar-refractivity contribution is 0.0933.